The van der Waals surface area contributed by atoms with Crippen molar-refractivity contribution in [1.82, 2.24) is 0 Å². The van der Waals surface area contributed by atoms with Crippen LogP contribution in [0.5, 0.6) is 17.2 Å². The fourth-order valence-electron chi connectivity index (χ4n) is 3.34. The lowest BCUT2D eigenvalue weighted by Gasteiger charge is -2.34. The molecule has 0 unspecified atom stereocenters. The first-order valence-corrected chi connectivity index (χ1v) is 8.94. The van der Waals surface area contributed by atoms with Gasteiger partial charge in [0.1, 0.15) is 12.3 Å². The lowest BCUT2D eigenvalue weighted by molar-refractivity contribution is -0.914. The first-order valence-electron chi connectivity index (χ1n) is 8.15. The number of phenols is 1. The number of rotatable bonds is 3. The molecule has 0 saturated carbocycles. The highest BCUT2D eigenvalue weighted by atomic mass is 79.9. The van der Waals surface area contributed by atoms with Crippen LogP contribution in [0.15, 0.2) is 40.9 Å². The van der Waals surface area contributed by atoms with Crippen LogP contribution in [0, 0.1) is 0 Å². The number of phenolic OH excluding ortho intramolecular Hbond substituents is 1. The molecule has 126 valence electrons. The van der Waals surface area contributed by atoms with Crippen LogP contribution in [-0.4, -0.2) is 38.1 Å². The molecule has 5 nitrogen and oxygen atoms in total. The number of piperazine rings is 1. The molecule has 2 aromatic carbocycles. The molecule has 0 aliphatic carbocycles. The second kappa shape index (κ2) is 6.53. The molecule has 24 heavy (non-hydrogen) atoms. The van der Waals surface area contributed by atoms with Crippen LogP contribution in [0.2, 0.25) is 0 Å². The van der Waals surface area contributed by atoms with Crippen LogP contribution < -0.4 is 19.3 Å². The summed E-state index contributed by atoms with van der Waals surface area (Å²) in [4.78, 5) is 3.79. The second-order valence-corrected chi connectivity index (χ2v) is 7.05. The summed E-state index contributed by atoms with van der Waals surface area (Å²) in [6, 6.07) is 11.6. The molecule has 2 heterocycles. The maximum atomic E-state index is 10.0. The molecule has 2 aromatic rings. The number of anilines is 1. The monoisotopic (exact) mass is 391 g/mol. The number of ether oxygens (including phenoxy) is 2. The minimum atomic E-state index is 0.303. The molecule has 6 heteroatoms. The molecule has 2 N–H and O–H groups in total. The Hall–Kier alpha value is -1.92. The number of quaternary nitrogens is 1. The molecule has 2 aliphatic heterocycles. The minimum Gasteiger partial charge on any atom is -0.506 e. The zero-order valence-electron chi connectivity index (χ0n) is 13.3. The van der Waals surface area contributed by atoms with Crippen molar-refractivity contribution in [1.29, 1.82) is 0 Å². The Labute approximate surface area is 149 Å². The Morgan fingerprint density at radius 1 is 1.08 bits per heavy atom. The van der Waals surface area contributed by atoms with Crippen LogP contribution in [0.3, 0.4) is 0 Å². The molecular formula is C18H20BrN2O3+. The van der Waals surface area contributed by atoms with Crippen molar-refractivity contribution < 1.29 is 19.5 Å². The van der Waals surface area contributed by atoms with Crippen molar-refractivity contribution in [3.05, 3.63) is 46.4 Å². The van der Waals surface area contributed by atoms with Gasteiger partial charge in [-0.05, 0) is 24.3 Å². The number of para-hydroxylation sites is 2. The molecule has 0 spiro atoms. The van der Waals surface area contributed by atoms with E-state index < -0.39 is 0 Å². The smallest absolute Gasteiger partial charge is 0.231 e. The Kier molecular flexibility index (Phi) is 4.24. The van der Waals surface area contributed by atoms with E-state index in [2.05, 4.69) is 26.9 Å². The van der Waals surface area contributed by atoms with Gasteiger partial charge in [0.05, 0.1) is 31.9 Å². The van der Waals surface area contributed by atoms with Gasteiger partial charge >= 0.3 is 0 Å². The van der Waals surface area contributed by atoms with Gasteiger partial charge in [-0.2, -0.15) is 0 Å². The van der Waals surface area contributed by atoms with E-state index in [-0.39, 0.29) is 0 Å². The molecule has 0 bridgehead atoms. The number of fused-ring (bicyclic) bond motifs is 1. The maximum absolute atomic E-state index is 10.0. The second-order valence-electron chi connectivity index (χ2n) is 6.20. The number of hydrogen-bond acceptors (Lipinski definition) is 4. The van der Waals surface area contributed by atoms with Crippen molar-refractivity contribution in [2.45, 2.75) is 6.54 Å². The van der Waals surface area contributed by atoms with Gasteiger partial charge in [-0.25, -0.2) is 0 Å². The zero-order valence-corrected chi connectivity index (χ0v) is 14.9. The van der Waals surface area contributed by atoms with E-state index in [1.807, 2.05) is 24.3 Å². The van der Waals surface area contributed by atoms with Crippen molar-refractivity contribution >= 4 is 21.6 Å². The van der Waals surface area contributed by atoms with Crippen molar-refractivity contribution in [2.24, 2.45) is 0 Å². The predicted octanol–water partition coefficient (Wildman–Crippen LogP) is 1.79. The molecule has 1 fully saturated rings. The third-order valence-electron chi connectivity index (χ3n) is 4.68. The van der Waals surface area contributed by atoms with Crippen molar-refractivity contribution in [3.8, 4) is 17.2 Å². The maximum Gasteiger partial charge on any atom is 0.231 e. The number of benzene rings is 2. The fourth-order valence-corrected chi connectivity index (χ4v) is 3.80. The van der Waals surface area contributed by atoms with Crippen LogP contribution in [0.1, 0.15) is 5.56 Å². The molecule has 1 saturated heterocycles. The highest BCUT2D eigenvalue weighted by Gasteiger charge is 2.24. The molecule has 0 amide bonds. The van der Waals surface area contributed by atoms with Gasteiger partial charge in [0.15, 0.2) is 11.5 Å². The van der Waals surface area contributed by atoms with Gasteiger partial charge in [-0.1, -0.05) is 28.1 Å². The summed E-state index contributed by atoms with van der Waals surface area (Å²) >= 11 is 3.64. The summed E-state index contributed by atoms with van der Waals surface area (Å²) in [6.07, 6.45) is 0. The lowest BCUT2D eigenvalue weighted by atomic mass is 10.1. The summed E-state index contributed by atoms with van der Waals surface area (Å²) < 4.78 is 12.0. The Balaban J connectivity index is 1.41. The van der Waals surface area contributed by atoms with E-state index >= 15 is 0 Å². The number of nitrogens with one attached hydrogen (secondary N) is 1. The fraction of sp³-hybridized carbons (Fsp3) is 0.333. The average Bonchev–Trinajstić information content (AvgIpc) is 3.03. The van der Waals surface area contributed by atoms with Crippen LogP contribution in [0.4, 0.5) is 5.69 Å². The van der Waals surface area contributed by atoms with E-state index in [0.29, 0.717) is 12.5 Å². The number of nitrogens with zero attached hydrogens (tertiary/aromatic N) is 1. The van der Waals surface area contributed by atoms with Gasteiger partial charge in [0.25, 0.3) is 0 Å². The largest absolute Gasteiger partial charge is 0.506 e. The first kappa shape index (κ1) is 15.6. The zero-order chi connectivity index (χ0) is 16.5. The van der Waals surface area contributed by atoms with E-state index in [1.165, 1.54) is 10.5 Å². The minimum absolute atomic E-state index is 0.303. The summed E-state index contributed by atoms with van der Waals surface area (Å²) in [6.45, 7) is 5.21. The van der Waals surface area contributed by atoms with Gasteiger partial charge in [0, 0.05) is 10.0 Å². The molecule has 4 rings (SSSR count). The molecular weight excluding hydrogens is 372 g/mol. The quantitative estimate of drug-likeness (QED) is 0.837. The average molecular weight is 392 g/mol. The first-order chi connectivity index (χ1) is 11.7. The van der Waals surface area contributed by atoms with Crippen molar-refractivity contribution in [3.63, 3.8) is 0 Å². The highest BCUT2D eigenvalue weighted by Crippen LogP contribution is 2.36. The van der Waals surface area contributed by atoms with Gasteiger partial charge in [0.2, 0.25) is 6.79 Å². The molecule has 0 aromatic heterocycles. The number of hydrogen-bond donors (Lipinski definition) is 2. The van der Waals surface area contributed by atoms with E-state index in [0.717, 1.165) is 54.4 Å². The summed E-state index contributed by atoms with van der Waals surface area (Å²) in [5.74, 6) is 2.00. The Bertz CT molecular complexity index is 745. The molecule has 0 radical (unpaired) electrons. The highest BCUT2D eigenvalue weighted by molar-refractivity contribution is 9.10. The lowest BCUT2D eigenvalue weighted by Crippen LogP contribution is -3.13. The SMILES string of the molecule is Oc1ccccc1N1CC[NH+](Cc2cc3c(cc2Br)OCO3)CC1. The van der Waals surface area contributed by atoms with E-state index in [4.69, 9.17) is 9.47 Å². The van der Waals surface area contributed by atoms with Crippen LogP contribution in [-0.2, 0) is 6.54 Å². The standard InChI is InChI=1S/C18H19BrN2O3/c19-14-10-18-17(23-12-24-18)9-13(14)11-20-5-7-21(8-6-20)15-3-1-2-4-16(15)22/h1-4,9-10,22H,5-8,11-12H2/p+1. The van der Waals surface area contributed by atoms with Gasteiger partial charge in [-0.15, -0.1) is 0 Å². The third-order valence-corrected chi connectivity index (χ3v) is 5.41. The summed E-state index contributed by atoms with van der Waals surface area (Å²) in [5, 5.41) is 10.0. The number of halogens is 1. The summed E-state index contributed by atoms with van der Waals surface area (Å²) in [5.41, 5.74) is 2.17. The predicted molar refractivity (Wildman–Crippen MR) is 95.0 cm³/mol. The third kappa shape index (κ3) is 3.03. The van der Waals surface area contributed by atoms with Gasteiger partial charge in [-0.3, -0.25) is 0 Å². The van der Waals surface area contributed by atoms with E-state index in [1.54, 1.807) is 6.07 Å². The normalized spacial score (nSPS) is 17.3. The molecule has 0 atom stereocenters. The van der Waals surface area contributed by atoms with E-state index in [9.17, 15) is 5.11 Å². The Morgan fingerprint density at radius 2 is 1.79 bits per heavy atom. The number of aromatic hydroxyl groups is 1. The Morgan fingerprint density at radius 3 is 2.54 bits per heavy atom. The van der Waals surface area contributed by atoms with Crippen molar-refractivity contribution in [2.75, 3.05) is 37.9 Å². The van der Waals surface area contributed by atoms with Crippen LogP contribution >= 0.6 is 15.9 Å². The van der Waals surface area contributed by atoms with Gasteiger partial charge < -0.3 is 24.4 Å². The topological polar surface area (TPSA) is 46.4 Å². The summed E-state index contributed by atoms with van der Waals surface area (Å²) in [7, 11) is 0. The van der Waals surface area contributed by atoms with Crippen LogP contribution in [0.25, 0.3) is 0 Å². The molecule has 2 aliphatic rings.